The molecule has 28 heavy (non-hydrogen) atoms. The summed E-state index contributed by atoms with van der Waals surface area (Å²) in [6.45, 7) is 2.02. The van der Waals surface area contributed by atoms with Gasteiger partial charge < -0.3 is 4.74 Å². The number of pyridine rings is 2. The van der Waals surface area contributed by atoms with Crippen molar-refractivity contribution >= 4 is 21.8 Å². The molecular formula is C23H18N4O. The molecule has 0 radical (unpaired) electrons. The van der Waals surface area contributed by atoms with Crippen LogP contribution in [-0.4, -0.2) is 26.9 Å². The van der Waals surface area contributed by atoms with Crippen molar-refractivity contribution < 1.29 is 4.74 Å². The number of fused-ring (bicyclic) bond motifs is 3. The lowest BCUT2D eigenvalue weighted by Crippen LogP contribution is -1.97. The van der Waals surface area contributed by atoms with Crippen molar-refractivity contribution in [2.45, 2.75) is 6.92 Å². The van der Waals surface area contributed by atoms with Crippen LogP contribution in [0.2, 0.25) is 0 Å². The van der Waals surface area contributed by atoms with Crippen LogP contribution in [0.1, 0.15) is 5.69 Å². The second-order valence-corrected chi connectivity index (χ2v) is 6.67. The Labute approximate surface area is 162 Å². The van der Waals surface area contributed by atoms with Gasteiger partial charge in [-0.3, -0.25) is 4.98 Å². The standard InChI is InChI=1S/C23H18N4O/c1-15-20-14-24-21-10-8-16(17-9-11-22(28-2)25-13-17)12-19(21)23(20)27(26-15)18-6-4-3-5-7-18/h3-14H,1-2H3. The van der Waals surface area contributed by atoms with E-state index in [-0.39, 0.29) is 0 Å². The van der Waals surface area contributed by atoms with Crippen LogP contribution in [0.25, 0.3) is 38.6 Å². The normalized spacial score (nSPS) is 11.2. The molecule has 0 atom stereocenters. The summed E-state index contributed by atoms with van der Waals surface area (Å²) >= 11 is 0. The van der Waals surface area contributed by atoms with Crippen LogP contribution in [0.3, 0.4) is 0 Å². The van der Waals surface area contributed by atoms with Crippen LogP contribution in [0, 0.1) is 6.92 Å². The fourth-order valence-corrected chi connectivity index (χ4v) is 3.53. The molecule has 0 fully saturated rings. The number of ether oxygens (including phenoxy) is 1. The number of benzene rings is 2. The van der Waals surface area contributed by atoms with E-state index >= 15 is 0 Å². The van der Waals surface area contributed by atoms with Crippen molar-refractivity contribution in [2.75, 3.05) is 7.11 Å². The molecular weight excluding hydrogens is 348 g/mol. The van der Waals surface area contributed by atoms with E-state index in [1.807, 2.05) is 60.4 Å². The van der Waals surface area contributed by atoms with Gasteiger partial charge in [0.1, 0.15) is 0 Å². The highest BCUT2D eigenvalue weighted by Crippen LogP contribution is 2.31. The first-order chi connectivity index (χ1) is 13.7. The zero-order valence-electron chi connectivity index (χ0n) is 15.6. The predicted octanol–water partition coefficient (Wildman–Crippen LogP) is 4.95. The first-order valence-corrected chi connectivity index (χ1v) is 9.08. The van der Waals surface area contributed by atoms with Crippen LogP contribution in [0.4, 0.5) is 0 Å². The molecule has 0 aliphatic rings. The highest BCUT2D eigenvalue weighted by atomic mass is 16.5. The van der Waals surface area contributed by atoms with Crippen LogP contribution >= 0.6 is 0 Å². The lowest BCUT2D eigenvalue weighted by atomic mass is 10.0. The number of para-hydroxylation sites is 1. The quantitative estimate of drug-likeness (QED) is 0.453. The predicted molar refractivity (Wildman–Crippen MR) is 111 cm³/mol. The number of hydrogen-bond acceptors (Lipinski definition) is 4. The molecule has 5 heteroatoms. The average Bonchev–Trinajstić information content (AvgIpc) is 3.11. The maximum Gasteiger partial charge on any atom is 0.212 e. The zero-order chi connectivity index (χ0) is 19.1. The molecule has 0 aliphatic carbocycles. The maximum atomic E-state index is 5.17. The van der Waals surface area contributed by atoms with Gasteiger partial charge in [0, 0.05) is 34.8 Å². The lowest BCUT2D eigenvalue weighted by molar-refractivity contribution is 0.398. The Kier molecular flexibility index (Phi) is 3.79. The van der Waals surface area contributed by atoms with Crippen molar-refractivity contribution in [3.63, 3.8) is 0 Å². The third kappa shape index (κ3) is 2.60. The summed E-state index contributed by atoms with van der Waals surface area (Å²) in [6.07, 6.45) is 3.74. The maximum absolute atomic E-state index is 5.17. The number of rotatable bonds is 3. The van der Waals surface area contributed by atoms with Gasteiger partial charge in [-0.2, -0.15) is 5.10 Å². The summed E-state index contributed by atoms with van der Waals surface area (Å²) in [5, 5.41) is 6.90. The third-order valence-electron chi connectivity index (χ3n) is 4.97. The summed E-state index contributed by atoms with van der Waals surface area (Å²) in [4.78, 5) is 8.98. The number of aromatic nitrogens is 4. The molecule has 0 saturated carbocycles. The molecule has 5 nitrogen and oxygen atoms in total. The molecule has 0 bridgehead atoms. The molecule has 3 aromatic heterocycles. The van der Waals surface area contributed by atoms with Gasteiger partial charge >= 0.3 is 0 Å². The van der Waals surface area contributed by atoms with E-state index < -0.39 is 0 Å². The fraction of sp³-hybridized carbons (Fsp3) is 0.0870. The van der Waals surface area contributed by atoms with Crippen molar-refractivity contribution in [3.8, 4) is 22.7 Å². The number of methoxy groups -OCH3 is 1. The molecule has 5 rings (SSSR count). The largest absolute Gasteiger partial charge is 0.481 e. The minimum absolute atomic E-state index is 0.603. The number of hydrogen-bond donors (Lipinski definition) is 0. The molecule has 0 unspecified atom stereocenters. The van der Waals surface area contributed by atoms with Crippen LogP contribution < -0.4 is 4.74 Å². The van der Waals surface area contributed by atoms with E-state index in [4.69, 9.17) is 9.84 Å². The average molecular weight is 366 g/mol. The Hall–Kier alpha value is -3.73. The van der Waals surface area contributed by atoms with E-state index in [9.17, 15) is 0 Å². The van der Waals surface area contributed by atoms with Crippen molar-refractivity contribution in [1.82, 2.24) is 19.7 Å². The van der Waals surface area contributed by atoms with E-state index in [0.29, 0.717) is 5.88 Å². The van der Waals surface area contributed by atoms with Gasteiger partial charge in [-0.05, 0) is 42.8 Å². The third-order valence-corrected chi connectivity index (χ3v) is 4.97. The fourth-order valence-electron chi connectivity index (χ4n) is 3.53. The Bertz CT molecular complexity index is 1290. The van der Waals surface area contributed by atoms with Gasteiger partial charge in [0.25, 0.3) is 0 Å². The Morgan fingerprint density at radius 1 is 0.821 bits per heavy atom. The molecule has 2 aromatic carbocycles. The SMILES string of the molecule is COc1ccc(-c2ccc3ncc4c(C)nn(-c5ccccc5)c4c3c2)cn1. The zero-order valence-corrected chi connectivity index (χ0v) is 15.6. The van der Waals surface area contributed by atoms with Crippen molar-refractivity contribution in [3.05, 3.63) is 78.8 Å². The Morgan fingerprint density at radius 3 is 2.39 bits per heavy atom. The molecule has 0 spiro atoms. The molecule has 0 aliphatic heterocycles. The van der Waals surface area contributed by atoms with Crippen LogP contribution in [0.15, 0.2) is 73.1 Å². The van der Waals surface area contributed by atoms with Gasteiger partial charge in [0.05, 0.1) is 29.5 Å². The first kappa shape index (κ1) is 16.4. The smallest absolute Gasteiger partial charge is 0.212 e. The van der Waals surface area contributed by atoms with E-state index in [1.54, 1.807) is 7.11 Å². The Morgan fingerprint density at radius 2 is 1.64 bits per heavy atom. The topological polar surface area (TPSA) is 52.8 Å². The summed E-state index contributed by atoms with van der Waals surface area (Å²) < 4.78 is 7.17. The molecule has 0 saturated heterocycles. The molecule has 3 heterocycles. The summed E-state index contributed by atoms with van der Waals surface area (Å²) in [6, 6.07) is 20.4. The minimum Gasteiger partial charge on any atom is -0.481 e. The molecule has 0 N–H and O–H groups in total. The van der Waals surface area contributed by atoms with Crippen molar-refractivity contribution in [2.24, 2.45) is 0 Å². The minimum atomic E-state index is 0.603. The number of nitrogens with zero attached hydrogens (tertiary/aromatic N) is 4. The van der Waals surface area contributed by atoms with Crippen LogP contribution in [-0.2, 0) is 0 Å². The summed E-state index contributed by atoms with van der Waals surface area (Å²) in [5.74, 6) is 0.603. The summed E-state index contributed by atoms with van der Waals surface area (Å²) in [7, 11) is 1.62. The first-order valence-electron chi connectivity index (χ1n) is 9.08. The van der Waals surface area contributed by atoms with Gasteiger partial charge in [0.15, 0.2) is 0 Å². The number of aryl methyl sites for hydroxylation is 1. The van der Waals surface area contributed by atoms with Gasteiger partial charge in [-0.15, -0.1) is 0 Å². The van der Waals surface area contributed by atoms with E-state index in [2.05, 4.69) is 34.2 Å². The Balaban J connectivity index is 1.78. The van der Waals surface area contributed by atoms with Crippen molar-refractivity contribution in [1.29, 1.82) is 0 Å². The molecule has 136 valence electrons. The second kappa shape index (κ2) is 6.46. The monoisotopic (exact) mass is 366 g/mol. The summed E-state index contributed by atoms with van der Waals surface area (Å²) in [5.41, 5.74) is 6.11. The molecule has 0 amide bonds. The highest BCUT2D eigenvalue weighted by molar-refractivity contribution is 6.06. The van der Waals surface area contributed by atoms with Gasteiger partial charge in [0.2, 0.25) is 5.88 Å². The highest BCUT2D eigenvalue weighted by Gasteiger charge is 2.14. The lowest BCUT2D eigenvalue weighted by Gasteiger charge is -2.08. The van der Waals surface area contributed by atoms with Gasteiger partial charge in [-0.25, -0.2) is 9.67 Å². The second-order valence-electron chi connectivity index (χ2n) is 6.67. The molecule has 5 aromatic rings. The van der Waals surface area contributed by atoms with E-state index in [0.717, 1.165) is 44.3 Å². The van der Waals surface area contributed by atoms with Gasteiger partial charge in [-0.1, -0.05) is 24.3 Å². The van der Waals surface area contributed by atoms with Crippen LogP contribution in [0.5, 0.6) is 5.88 Å². The van der Waals surface area contributed by atoms with E-state index in [1.165, 1.54) is 0 Å².